The van der Waals surface area contributed by atoms with Gasteiger partial charge in [-0.15, -0.1) is 0 Å². The van der Waals surface area contributed by atoms with Crippen molar-refractivity contribution < 1.29 is 0 Å². The molecule has 0 spiro atoms. The minimum absolute atomic E-state index is 1.05. The molecule has 2 nitrogen and oxygen atoms in total. The van der Waals surface area contributed by atoms with Crippen LogP contribution in [0.4, 0.5) is 0 Å². The molecule has 0 saturated heterocycles. The van der Waals surface area contributed by atoms with Crippen molar-refractivity contribution in [1.29, 1.82) is 0 Å². The maximum atomic E-state index is 3.22. The van der Waals surface area contributed by atoms with Crippen LogP contribution in [0.2, 0.25) is 0 Å². The molecule has 1 N–H and O–H groups in total. The summed E-state index contributed by atoms with van der Waals surface area (Å²) in [6.45, 7) is 6.58. The Labute approximate surface area is 139 Å². The molecule has 0 amide bonds. The number of nitrogens with one attached hydrogen (secondary N) is 1. The highest BCUT2D eigenvalue weighted by Crippen LogP contribution is 2.29. The lowest BCUT2D eigenvalue weighted by Crippen LogP contribution is -2.06. The topological polar surface area (TPSA) is 15.3 Å². The Morgan fingerprint density at radius 1 is 1.27 bits per heavy atom. The SMILES string of the molecule is CCC=C(/C=C/c1ccc2c(c1)CN(SCCCC)C2)NC. The summed E-state index contributed by atoms with van der Waals surface area (Å²) >= 11 is 2.00. The molecule has 1 aromatic carbocycles. The summed E-state index contributed by atoms with van der Waals surface area (Å²) in [5, 5.41) is 3.22. The fourth-order valence-corrected chi connectivity index (χ4v) is 3.71. The van der Waals surface area contributed by atoms with E-state index in [1.54, 1.807) is 0 Å². The van der Waals surface area contributed by atoms with Crippen LogP contribution in [0.15, 0.2) is 36.0 Å². The third-order valence-electron chi connectivity index (χ3n) is 3.86. The number of hydrogen-bond donors (Lipinski definition) is 1. The molecule has 0 aliphatic carbocycles. The van der Waals surface area contributed by atoms with Crippen LogP contribution >= 0.6 is 11.9 Å². The fraction of sp³-hybridized carbons (Fsp3) is 0.474. The van der Waals surface area contributed by atoms with Gasteiger partial charge in [-0.25, -0.2) is 4.31 Å². The molecule has 1 aliphatic rings. The van der Waals surface area contributed by atoms with Crippen LogP contribution in [0.5, 0.6) is 0 Å². The predicted octanol–water partition coefficient (Wildman–Crippen LogP) is 4.98. The summed E-state index contributed by atoms with van der Waals surface area (Å²) in [5.74, 6) is 1.24. The average molecular weight is 317 g/mol. The first kappa shape index (κ1) is 17.2. The zero-order valence-electron chi connectivity index (χ0n) is 14.1. The molecule has 1 heterocycles. The van der Waals surface area contributed by atoms with Gasteiger partial charge < -0.3 is 5.32 Å². The Bertz CT molecular complexity index is 534. The van der Waals surface area contributed by atoms with Gasteiger partial charge in [0.2, 0.25) is 0 Å². The lowest BCUT2D eigenvalue weighted by atomic mass is 10.1. The van der Waals surface area contributed by atoms with Crippen molar-refractivity contribution in [2.45, 2.75) is 46.2 Å². The first-order chi connectivity index (χ1) is 10.8. The molecule has 0 bridgehead atoms. The number of likely N-dealkylation sites (N-methyl/N-ethyl adjacent to an activating group) is 1. The van der Waals surface area contributed by atoms with Crippen molar-refractivity contribution >= 4 is 18.0 Å². The highest BCUT2D eigenvalue weighted by Gasteiger charge is 2.18. The number of hydrogen-bond acceptors (Lipinski definition) is 3. The average Bonchev–Trinajstić information content (AvgIpc) is 2.93. The van der Waals surface area contributed by atoms with Gasteiger partial charge in [0.15, 0.2) is 0 Å². The quantitative estimate of drug-likeness (QED) is 0.414. The van der Waals surface area contributed by atoms with E-state index in [1.165, 1.54) is 41.0 Å². The number of nitrogens with zero attached hydrogens (tertiary/aromatic N) is 1. The van der Waals surface area contributed by atoms with Gasteiger partial charge in [0.25, 0.3) is 0 Å². The number of benzene rings is 1. The third-order valence-corrected chi connectivity index (χ3v) is 4.96. The minimum atomic E-state index is 1.05. The van der Waals surface area contributed by atoms with Crippen molar-refractivity contribution in [3.8, 4) is 0 Å². The van der Waals surface area contributed by atoms with Gasteiger partial charge in [0.1, 0.15) is 0 Å². The molecule has 0 aromatic heterocycles. The number of rotatable bonds is 8. The van der Waals surface area contributed by atoms with Gasteiger partial charge in [0, 0.05) is 31.6 Å². The molecule has 0 saturated carbocycles. The molecule has 0 unspecified atom stereocenters. The van der Waals surface area contributed by atoms with Crippen LogP contribution in [0, 0.1) is 0 Å². The van der Waals surface area contributed by atoms with Gasteiger partial charge >= 0.3 is 0 Å². The summed E-state index contributed by atoms with van der Waals surface area (Å²) in [6, 6.07) is 6.86. The summed E-state index contributed by atoms with van der Waals surface area (Å²) in [4.78, 5) is 0. The normalized spacial score (nSPS) is 15.5. The van der Waals surface area contributed by atoms with Crippen molar-refractivity contribution in [1.82, 2.24) is 9.62 Å². The van der Waals surface area contributed by atoms with E-state index in [1.807, 2.05) is 19.0 Å². The highest BCUT2D eigenvalue weighted by molar-refractivity contribution is 7.96. The molecule has 22 heavy (non-hydrogen) atoms. The molecule has 0 fully saturated rings. The van der Waals surface area contributed by atoms with Gasteiger partial charge in [-0.3, -0.25) is 0 Å². The maximum Gasteiger partial charge on any atom is 0.0347 e. The Hall–Kier alpha value is -1.19. The standard InChI is InChI=1S/C19H28N2S/c1-4-6-12-22-21-14-17-10-8-16(13-18(17)15-21)9-11-19(20-3)7-5-2/h7-11,13,20H,4-6,12,14-15H2,1-3H3/b11-9+,19-7?. The first-order valence-electron chi connectivity index (χ1n) is 8.32. The van der Waals surface area contributed by atoms with Crippen LogP contribution < -0.4 is 5.32 Å². The van der Waals surface area contributed by atoms with Gasteiger partial charge in [-0.2, -0.15) is 0 Å². The van der Waals surface area contributed by atoms with Crippen LogP contribution in [0.3, 0.4) is 0 Å². The molecular weight excluding hydrogens is 288 g/mol. The van der Waals surface area contributed by atoms with E-state index < -0.39 is 0 Å². The molecule has 0 atom stereocenters. The zero-order chi connectivity index (χ0) is 15.8. The molecule has 1 aliphatic heterocycles. The van der Waals surface area contributed by atoms with E-state index in [4.69, 9.17) is 0 Å². The highest BCUT2D eigenvalue weighted by atomic mass is 32.2. The van der Waals surface area contributed by atoms with Crippen LogP contribution in [0.25, 0.3) is 6.08 Å². The summed E-state index contributed by atoms with van der Waals surface area (Å²) < 4.78 is 2.49. The summed E-state index contributed by atoms with van der Waals surface area (Å²) in [5.41, 5.74) is 5.44. The fourth-order valence-electron chi connectivity index (χ4n) is 2.58. The van der Waals surface area contributed by atoms with E-state index in [9.17, 15) is 0 Å². The van der Waals surface area contributed by atoms with E-state index in [-0.39, 0.29) is 0 Å². The number of allylic oxidation sites excluding steroid dienone is 2. The largest absolute Gasteiger partial charge is 0.388 e. The lowest BCUT2D eigenvalue weighted by Gasteiger charge is -2.12. The maximum absolute atomic E-state index is 3.22. The summed E-state index contributed by atoms with van der Waals surface area (Å²) in [6.07, 6.45) is 10.2. The molecule has 3 heteroatoms. The Kier molecular flexibility index (Phi) is 7.07. The molecular formula is C19H28N2S. The van der Waals surface area contributed by atoms with Gasteiger partial charge in [-0.05, 0) is 35.6 Å². The van der Waals surface area contributed by atoms with E-state index in [0.717, 1.165) is 19.5 Å². The lowest BCUT2D eigenvalue weighted by molar-refractivity contribution is 0.508. The Morgan fingerprint density at radius 3 is 2.82 bits per heavy atom. The second-order valence-electron chi connectivity index (χ2n) is 5.66. The third kappa shape index (κ3) is 4.92. The smallest absolute Gasteiger partial charge is 0.0347 e. The Morgan fingerprint density at radius 2 is 2.09 bits per heavy atom. The second-order valence-corrected chi connectivity index (χ2v) is 6.85. The van der Waals surface area contributed by atoms with Crippen LogP contribution in [-0.4, -0.2) is 17.1 Å². The van der Waals surface area contributed by atoms with Crippen LogP contribution in [0.1, 0.15) is 49.8 Å². The zero-order valence-corrected chi connectivity index (χ0v) is 14.9. The minimum Gasteiger partial charge on any atom is -0.388 e. The molecule has 120 valence electrons. The van der Waals surface area contributed by atoms with Gasteiger partial charge in [0.05, 0.1) is 0 Å². The van der Waals surface area contributed by atoms with E-state index in [0.29, 0.717) is 0 Å². The van der Waals surface area contributed by atoms with E-state index in [2.05, 4.69) is 59.9 Å². The molecule has 1 aromatic rings. The first-order valence-corrected chi connectivity index (χ1v) is 9.26. The Balaban J connectivity index is 1.98. The van der Waals surface area contributed by atoms with Crippen molar-refractivity contribution in [2.24, 2.45) is 0 Å². The second kappa shape index (κ2) is 9.06. The summed E-state index contributed by atoms with van der Waals surface area (Å²) in [7, 11) is 1.97. The molecule has 0 radical (unpaired) electrons. The monoisotopic (exact) mass is 316 g/mol. The predicted molar refractivity (Wildman–Crippen MR) is 99.5 cm³/mol. The van der Waals surface area contributed by atoms with Crippen molar-refractivity contribution in [3.63, 3.8) is 0 Å². The van der Waals surface area contributed by atoms with Crippen molar-refractivity contribution in [3.05, 3.63) is 52.7 Å². The van der Waals surface area contributed by atoms with Crippen molar-refractivity contribution in [2.75, 3.05) is 12.8 Å². The van der Waals surface area contributed by atoms with Crippen LogP contribution in [-0.2, 0) is 13.1 Å². The van der Waals surface area contributed by atoms with E-state index >= 15 is 0 Å². The number of unbranched alkanes of at least 4 members (excludes halogenated alkanes) is 1. The van der Waals surface area contributed by atoms with Gasteiger partial charge in [-0.1, -0.05) is 62.6 Å². The molecule has 2 rings (SSSR count). The number of fused-ring (bicyclic) bond motifs is 1.